The highest BCUT2D eigenvalue weighted by molar-refractivity contribution is 7.99. The Balaban J connectivity index is 1.69. The molecule has 7 heteroatoms. The molecular weight excluding hydrogens is 417 g/mol. The predicted octanol–water partition coefficient (Wildman–Crippen LogP) is 6.18. The van der Waals surface area contributed by atoms with Gasteiger partial charge < -0.3 is 0 Å². The van der Waals surface area contributed by atoms with E-state index in [2.05, 4.69) is 23.8 Å². The number of halogens is 1. The molecule has 1 amide bonds. The number of fused-ring (bicyclic) bond motifs is 1. The monoisotopic (exact) mass is 437 g/mol. The third-order valence-electron chi connectivity index (χ3n) is 4.33. The summed E-state index contributed by atoms with van der Waals surface area (Å²) < 4.78 is 14.3. The molecule has 4 aromatic rings. The largest absolute Gasteiger partial charge is 0.278 e. The lowest BCUT2D eigenvalue weighted by atomic mass is 10.2. The van der Waals surface area contributed by atoms with Crippen molar-refractivity contribution in [2.24, 2.45) is 0 Å². The van der Waals surface area contributed by atoms with E-state index < -0.39 is 0 Å². The second kappa shape index (κ2) is 8.93. The number of benzene rings is 2. The van der Waals surface area contributed by atoms with Gasteiger partial charge in [0.05, 0.1) is 22.5 Å². The van der Waals surface area contributed by atoms with Gasteiger partial charge in [-0.05, 0) is 54.6 Å². The van der Waals surface area contributed by atoms with Crippen molar-refractivity contribution in [3.8, 4) is 0 Å². The van der Waals surface area contributed by atoms with Gasteiger partial charge in [0.15, 0.2) is 5.13 Å². The van der Waals surface area contributed by atoms with E-state index >= 15 is 0 Å². The fraction of sp³-hybridized carbons (Fsp3) is 0.174. The zero-order chi connectivity index (χ0) is 21.1. The van der Waals surface area contributed by atoms with E-state index in [1.165, 1.54) is 23.5 Å². The SMILES string of the molecule is CC(C)Sc1ccc(C(=O)N(Cc2ccccn2)c2nc3ccc(F)cc3s2)cc1. The van der Waals surface area contributed by atoms with Gasteiger partial charge in [-0.25, -0.2) is 9.37 Å². The van der Waals surface area contributed by atoms with Crippen molar-refractivity contribution >= 4 is 44.4 Å². The minimum Gasteiger partial charge on any atom is -0.278 e. The highest BCUT2D eigenvalue weighted by Crippen LogP contribution is 2.31. The highest BCUT2D eigenvalue weighted by Gasteiger charge is 2.22. The van der Waals surface area contributed by atoms with Crippen molar-refractivity contribution in [1.29, 1.82) is 0 Å². The summed E-state index contributed by atoms with van der Waals surface area (Å²) in [4.78, 5) is 25.1. The van der Waals surface area contributed by atoms with Gasteiger partial charge in [0.1, 0.15) is 5.82 Å². The number of hydrogen-bond donors (Lipinski definition) is 0. The van der Waals surface area contributed by atoms with Crippen LogP contribution in [0.25, 0.3) is 10.2 Å². The van der Waals surface area contributed by atoms with Crippen LogP contribution in [0, 0.1) is 5.82 Å². The Morgan fingerprint density at radius 1 is 1.13 bits per heavy atom. The first-order valence-electron chi connectivity index (χ1n) is 9.54. The molecule has 0 aliphatic carbocycles. The molecule has 4 rings (SSSR count). The maximum atomic E-state index is 13.6. The molecule has 0 unspecified atom stereocenters. The Bertz CT molecular complexity index is 1160. The van der Waals surface area contributed by atoms with E-state index in [1.807, 2.05) is 42.5 Å². The summed E-state index contributed by atoms with van der Waals surface area (Å²) in [6.07, 6.45) is 1.70. The summed E-state index contributed by atoms with van der Waals surface area (Å²) in [5.74, 6) is -0.486. The van der Waals surface area contributed by atoms with Crippen LogP contribution in [-0.4, -0.2) is 21.1 Å². The molecule has 0 saturated heterocycles. The van der Waals surface area contributed by atoms with E-state index in [9.17, 15) is 9.18 Å². The Labute approximate surface area is 182 Å². The van der Waals surface area contributed by atoms with Crippen LogP contribution in [-0.2, 0) is 6.54 Å². The maximum absolute atomic E-state index is 13.6. The molecule has 0 saturated carbocycles. The number of anilines is 1. The van der Waals surface area contributed by atoms with Gasteiger partial charge in [-0.15, -0.1) is 11.8 Å². The molecule has 30 heavy (non-hydrogen) atoms. The molecule has 0 spiro atoms. The van der Waals surface area contributed by atoms with Crippen molar-refractivity contribution in [2.45, 2.75) is 30.5 Å². The highest BCUT2D eigenvalue weighted by atomic mass is 32.2. The van der Waals surface area contributed by atoms with Gasteiger partial charge >= 0.3 is 0 Å². The second-order valence-electron chi connectivity index (χ2n) is 7.01. The summed E-state index contributed by atoms with van der Waals surface area (Å²) >= 11 is 3.05. The van der Waals surface area contributed by atoms with Crippen LogP contribution in [0.15, 0.2) is 71.8 Å². The third kappa shape index (κ3) is 4.68. The number of carbonyl (C=O) groups is 1. The average Bonchev–Trinajstić information content (AvgIpc) is 3.15. The first-order chi connectivity index (χ1) is 14.5. The summed E-state index contributed by atoms with van der Waals surface area (Å²) in [5, 5.41) is 0.988. The molecule has 0 aliphatic rings. The van der Waals surface area contributed by atoms with Gasteiger partial charge in [-0.3, -0.25) is 14.7 Å². The number of carbonyl (C=O) groups excluding carboxylic acids is 1. The Hall–Kier alpha value is -2.77. The first-order valence-corrected chi connectivity index (χ1v) is 11.2. The number of pyridine rings is 1. The van der Waals surface area contributed by atoms with Crippen LogP contribution in [0.1, 0.15) is 29.9 Å². The number of thioether (sulfide) groups is 1. The third-order valence-corrected chi connectivity index (χ3v) is 6.39. The minimum absolute atomic E-state index is 0.165. The molecule has 2 aromatic heterocycles. The lowest BCUT2D eigenvalue weighted by Gasteiger charge is -2.20. The molecule has 0 fully saturated rings. The minimum atomic E-state index is -0.321. The van der Waals surface area contributed by atoms with E-state index in [0.29, 0.717) is 26.2 Å². The van der Waals surface area contributed by atoms with E-state index in [-0.39, 0.29) is 18.3 Å². The van der Waals surface area contributed by atoms with Gasteiger partial charge in [0.25, 0.3) is 5.91 Å². The zero-order valence-corrected chi connectivity index (χ0v) is 18.2. The van der Waals surface area contributed by atoms with E-state index in [1.54, 1.807) is 28.9 Å². The predicted molar refractivity (Wildman–Crippen MR) is 122 cm³/mol. The van der Waals surface area contributed by atoms with Crippen LogP contribution < -0.4 is 4.90 Å². The lowest BCUT2D eigenvalue weighted by Crippen LogP contribution is -2.30. The van der Waals surface area contributed by atoms with Crippen LogP contribution in [0.2, 0.25) is 0 Å². The normalized spacial score (nSPS) is 11.2. The second-order valence-corrected chi connectivity index (χ2v) is 9.67. The molecule has 2 aromatic carbocycles. The molecule has 0 bridgehead atoms. The summed E-state index contributed by atoms with van der Waals surface area (Å²) in [6, 6.07) is 17.6. The molecule has 0 radical (unpaired) electrons. The lowest BCUT2D eigenvalue weighted by molar-refractivity contribution is 0.0984. The van der Waals surface area contributed by atoms with Crippen LogP contribution in [0.5, 0.6) is 0 Å². The number of aromatic nitrogens is 2. The van der Waals surface area contributed by atoms with Gasteiger partial charge in [0.2, 0.25) is 0 Å². The number of thiazole rings is 1. The molecule has 0 aliphatic heterocycles. The van der Waals surface area contributed by atoms with Crippen LogP contribution in [0.4, 0.5) is 9.52 Å². The number of nitrogens with zero attached hydrogens (tertiary/aromatic N) is 3. The topological polar surface area (TPSA) is 46.1 Å². The fourth-order valence-electron chi connectivity index (χ4n) is 2.99. The van der Waals surface area contributed by atoms with Crippen LogP contribution >= 0.6 is 23.1 Å². The first kappa shape index (κ1) is 20.5. The van der Waals surface area contributed by atoms with Crippen molar-refractivity contribution < 1.29 is 9.18 Å². The number of amides is 1. The smallest absolute Gasteiger partial charge is 0.260 e. The van der Waals surface area contributed by atoms with Crippen molar-refractivity contribution in [2.75, 3.05) is 4.90 Å². The fourth-order valence-corrected chi connectivity index (χ4v) is 4.81. The Morgan fingerprint density at radius 3 is 2.63 bits per heavy atom. The van der Waals surface area contributed by atoms with Crippen molar-refractivity contribution in [3.63, 3.8) is 0 Å². The molecular formula is C23H20FN3OS2. The molecule has 4 nitrogen and oxygen atoms in total. The number of hydrogen-bond acceptors (Lipinski definition) is 5. The van der Waals surface area contributed by atoms with E-state index in [0.717, 1.165) is 10.6 Å². The molecule has 0 N–H and O–H groups in total. The van der Waals surface area contributed by atoms with Crippen molar-refractivity contribution in [3.05, 3.63) is 83.9 Å². The number of rotatable bonds is 6. The summed E-state index contributed by atoms with van der Waals surface area (Å²) in [6.45, 7) is 4.55. The average molecular weight is 438 g/mol. The zero-order valence-electron chi connectivity index (χ0n) is 16.6. The quantitative estimate of drug-likeness (QED) is 0.338. The van der Waals surface area contributed by atoms with Gasteiger partial charge in [0, 0.05) is 21.9 Å². The molecule has 2 heterocycles. The summed E-state index contributed by atoms with van der Waals surface area (Å²) in [5.41, 5.74) is 1.99. The van der Waals surface area contributed by atoms with Crippen LogP contribution in [0.3, 0.4) is 0 Å². The van der Waals surface area contributed by atoms with Gasteiger partial charge in [-0.1, -0.05) is 31.3 Å². The Morgan fingerprint density at radius 2 is 1.93 bits per heavy atom. The van der Waals surface area contributed by atoms with E-state index in [4.69, 9.17) is 0 Å². The molecule has 152 valence electrons. The molecule has 0 atom stereocenters. The van der Waals surface area contributed by atoms with Crippen molar-refractivity contribution in [1.82, 2.24) is 9.97 Å². The Kier molecular flexibility index (Phi) is 6.11. The maximum Gasteiger partial charge on any atom is 0.260 e. The van der Waals surface area contributed by atoms with Gasteiger partial charge in [-0.2, -0.15) is 0 Å². The summed E-state index contributed by atoms with van der Waals surface area (Å²) in [7, 11) is 0. The standard InChI is InChI=1S/C23H20FN3OS2/c1-15(2)29-19-9-6-16(7-10-19)22(28)27(14-18-5-3-4-12-25-18)23-26-20-11-8-17(24)13-21(20)30-23/h3-13,15H,14H2,1-2H3.